The Kier molecular flexibility index (Phi) is 5.01. The molecule has 0 aliphatic heterocycles. The first kappa shape index (κ1) is 14.9. The van der Waals surface area contributed by atoms with Crippen molar-refractivity contribution in [1.29, 1.82) is 0 Å². The third-order valence-electron chi connectivity index (χ3n) is 2.83. The fourth-order valence-electron chi connectivity index (χ4n) is 1.79. The first-order valence-electron chi connectivity index (χ1n) is 6.05. The van der Waals surface area contributed by atoms with Gasteiger partial charge in [0.05, 0.1) is 21.7 Å². The van der Waals surface area contributed by atoms with Gasteiger partial charge in [0.15, 0.2) is 0 Å². The molecule has 5 heteroatoms. The van der Waals surface area contributed by atoms with Crippen LogP contribution in [-0.4, -0.2) is 17.6 Å². The van der Waals surface area contributed by atoms with E-state index in [1.165, 1.54) is 0 Å². The molecule has 0 spiro atoms. The number of benzene rings is 2. The van der Waals surface area contributed by atoms with Crippen LogP contribution in [0.3, 0.4) is 0 Å². The molecule has 2 aromatic rings. The van der Waals surface area contributed by atoms with Gasteiger partial charge in [0, 0.05) is 6.54 Å². The Labute approximate surface area is 127 Å². The molecule has 2 N–H and O–H groups in total. The summed E-state index contributed by atoms with van der Waals surface area (Å²) in [6.07, 6.45) is -0.776. The summed E-state index contributed by atoms with van der Waals surface area (Å²) >= 11 is 11.9. The van der Waals surface area contributed by atoms with Gasteiger partial charge in [-0.1, -0.05) is 59.6 Å². The molecule has 0 aromatic heterocycles. The Morgan fingerprint density at radius 1 is 1.05 bits per heavy atom. The second kappa shape index (κ2) is 6.75. The molecule has 2 rings (SSSR count). The van der Waals surface area contributed by atoms with Crippen LogP contribution in [0.1, 0.15) is 22.0 Å². The van der Waals surface area contributed by atoms with Crippen molar-refractivity contribution in [1.82, 2.24) is 5.32 Å². The summed E-state index contributed by atoms with van der Waals surface area (Å²) in [5, 5.41) is 13.2. The van der Waals surface area contributed by atoms with Gasteiger partial charge in [0.25, 0.3) is 5.91 Å². The molecule has 0 saturated heterocycles. The molecule has 0 aliphatic carbocycles. The average molecular weight is 310 g/mol. The van der Waals surface area contributed by atoms with Crippen LogP contribution < -0.4 is 5.32 Å². The maximum Gasteiger partial charge on any atom is 0.254 e. The highest BCUT2D eigenvalue weighted by Gasteiger charge is 2.15. The minimum atomic E-state index is -0.776. The van der Waals surface area contributed by atoms with Crippen LogP contribution in [-0.2, 0) is 0 Å². The van der Waals surface area contributed by atoms with Gasteiger partial charge in [-0.3, -0.25) is 4.79 Å². The first-order chi connectivity index (χ1) is 9.59. The maximum absolute atomic E-state index is 12.0. The lowest BCUT2D eigenvalue weighted by Crippen LogP contribution is -2.28. The molecule has 0 heterocycles. The smallest absolute Gasteiger partial charge is 0.254 e. The maximum atomic E-state index is 12.0. The second-order valence-electron chi connectivity index (χ2n) is 4.23. The molecule has 1 atom stereocenters. The van der Waals surface area contributed by atoms with Crippen LogP contribution in [0, 0.1) is 0 Å². The molecule has 2 aromatic carbocycles. The largest absolute Gasteiger partial charge is 0.387 e. The van der Waals surface area contributed by atoms with E-state index >= 15 is 0 Å². The molecule has 0 fully saturated rings. The molecule has 20 heavy (non-hydrogen) atoms. The van der Waals surface area contributed by atoms with Crippen molar-refractivity contribution in [3.8, 4) is 0 Å². The lowest BCUT2D eigenvalue weighted by molar-refractivity contribution is 0.0916. The highest BCUT2D eigenvalue weighted by atomic mass is 35.5. The molecule has 0 aliphatic rings. The predicted molar refractivity (Wildman–Crippen MR) is 80.2 cm³/mol. The van der Waals surface area contributed by atoms with Gasteiger partial charge >= 0.3 is 0 Å². The summed E-state index contributed by atoms with van der Waals surface area (Å²) in [6, 6.07) is 13.9. The molecule has 0 unspecified atom stereocenters. The van der Waals surface area contributed by atoms with Crippen molar-refractivity contribution >= 4 is 29.1 Å². The number of amides is 1. The quantitative estimate of drug-likeness (QED) is 0.908. The molecule has 0 radical (unpaired) electrons. The number of carbonyl (C=O) groups excluding carboxylic acids is 1. The van der Waals surface area contributed by atoms with E-state index in [0.29, 0.717) is 0 Å². The van der Waals surface area contributed by atoms with E-state index in [0.717, 1.165) is 5.56 Å². The number of hydrogen-bond donors (Lipinski definition) is 2. The van der Waals surface area contributed by atoms with Crippen molar-refractivity contribution in [2.45, 2.75) is 6.10 Å². The Balaban J connectivity index is 2.03. The standard InChI is InChI=1S/C15H13Cl2NO2/c16-11-7-4-8-12(17)14(11)15(20)18-9-13(19)10-5-2-1-3-6-10/h1-8,13,19H,9H2,(H,18,20)/t13-/m1/s1. The zero-order valence-corrected chi connectivity index (χ0v) is 12.0. The van der Waals surface area contributed by atoms with E-state index in [-0.39, 0.29) is 22.2 Å². The van der Waals surface area contributed by atoms with Gasteiger partial charge < -0.3 is 10.4 Å². The fourth-order valence-corrected chi connectivity index (χ4v) is 2.35. The molecular formula is C15H13Cl2NO2. The van der Waals surface area contributed by atoms with Crippen molar-refractivity contribution in [3.05, 3.63) is 69.7 Å². The summed E-state index contributed by atoms with van der Waals surface area (Å²) in [5.74, 6) is -0.407. The van der Waals surface area contributed by atoms with Crippen molar-refractivity contribution < 1.29 is 9.90 Å². The lowest BCUT2D eigenvalue weighted by atomic mass is 10.1. The van der Waals surface area contributed by atoms with E-state index in [1.54, 1.807) is 30.3 Å². The van der Waals surface area contributed by atoms with Gasteiger partial charge in [0.1, 0.15) is 0 Å². The first-order valence-corrected chi connectivity index (χ1v) is 6.80. The minimum Gasteiger partial charge on any atom is -0.387 e. The molecule has 1 amide bonds. The zero-order valence-electron chi connectivity index (χ0n) is 10.5. The number of aliphatic hydroxyl groups excluding tert-OH is 1. The highest BCUT2D eigenvalue weighted by molar-refractivity contribution is 6.39. The SMILES string of the molecule is O=C(NC[C@@H](O)c1ccccc1)c1c(Cl)cccc1Cl. The minimum absolute atomic E-state index is 0.0877. The number of rotatable bonds is 4. The summed E-state index contributed by atoms with van der Waals surface area (Å²) in [6.45, 7) is 0.0877. The summed E-state index contributed by atoms with van der Waals surface area (Å²) in [4.78, 5) is 12.0. The van der Waals surface area contributed by atoms with Gasteiger partial charge in [0.2, 0.25) is 0 Å². The van der Waals surface area contributed by atoms with Gasteiger partial charge in [-0.15, -0.1) is 0 Å². The van der Waals surface area contributed by atoms with Crippen LogP contribution in [0.4, 0.5) is 0 Å². The van der Waals surface area contributed by atoms with Crippen LogP contribution in [0.2, 0.25) is 10.0 Å². The van der Waals surface area contributed by atoms with Crippen LogP contribution >= 0.6 is 23.2 Å². The molecule has 0 saturated carbocycles. The van der Waals surface area contributed by atoms with E-state index < -0.39 is 12.0 Å². The number of carbonyl (C=O) groups is 1. The van der Waals surface area contributed by atoms with Crippen molar-refractivity contribution in [2.75, 3.05) is 6.54 Å². The van der Waals surface area contributed by atoms with E-state index in [4.69, 9.17) is 23.2 Å². The van der Waals surface area contributed by atoms with Crippen molar-refractivity contribution in [3.63, 3.8) is 0 Å². The van der Waals surface area contributed by atoms with Crippen molar-refractivity contribution in [2.24, 2.45) is 0 Å². The number of hydrogen-bond acceptors (Lipinski definition) is 2. The molecular weight excluding hydrogens is 297 g/mol. The number of nitrogens with one attached hydrogen (secondary N) is 1. The average Bonchev–Trinajstić information content (AvgIpc) is 2.45. The van der Waals surface area contributed by atoms with Gasteiger partial charge in [-0.05, 0) is 17.7 Å². The van der Waals surface area contributed by atoms with Crippen LogP contribution in [0.15, 0.2) is 48.5 Å². The number of aliphatic hydroxyl groups is 1. The van der Waals surface area contributed by atoms with Gasteiger partial charge in [-0.25, -0.2) is 0 Å². The lowest BCUT2D eigenvalue weighted by Gasteiger charge is -2.13. The summed E-state index contributed by atoms with van der Waals surface area (Å²) in [5.41, 5.74) is 0.953. The highest BCUT2D eigenvalue weighted by Crippen LogP contribution is 2.24. The zero-order chi connectivity index (χ0) is 14.5. The molecule has 0 bridgehead atoms. The Morgan fingerprint density at radius 3 is 2.25 bits per heavy atom. The normalized spacial score (nSPS) is 11.9. The van der Waals surface area contributed by atoms with E-state index in [9.17, 15) is 9.90 Å². The summed E-state index contributed by atoms with van der Waals surface area (Å²) < 4.78 is 0. The molecule has 3 nitrogen and oxygen atoms in total. The van der Waals surface area contributed by atoms with Gasteiger partial charge in [-0.2, -0.15) is 0 Å². The Hall–Kier alpha value is -1.55. The Bertz CT molecular complexity index is 582. The Morgan fingerprint density at radius 2 is 1.65 bits per heavy atom. The van der Waals surface area contributed by atoms with E-state index in [2.05, 4.69) is 5.32 Å². The van der Waals surface area contributed by atoms with Crippen LogP contribution in [0.25, 0.3) is 0 Å². The number of halogens is 2. The second-order valence-corrected chi connectivity index (χ2v) is 5.05. The topological polar surface area (TPSA) is 49.3 Å². The fraction of sp³-hybridized carbons (Fsp3) is 0.133. The van der Waals surface area contributed by atoms with E-state index in [1.807, 2.05) is 18.2 Å². The summed E-state index contributed by atoms with van der Waals surface area (Å²) in [7, 11) is 0. The third kappa shape index (κ3) is 3.51. The van der Waals surface area contributed by atoms with Crippen LogP contribution in [0.5, 0.6) is 0 Å². The third-order valence-corrected chi connectivity index (χ3v) is 3.46. The predicted octanol–water partition coefficient (Wildman–Crippen LogP) is 3.46. The monoisotopic (exact) mass is 309 g/mol. The molecule has 104 valence electrons.